The number of likely N-dealkylation sites (N-methyl/N-ethyl adjacent to an activating group) is 1. The predicted molar refractivity (Wildman–Crippen MR) is 80.1 cm³/mol. The van der Waals surface area contributed by atoms with E-state index in [4.69, 9.17) is 4.74 Å². The van der Waals surface area contributed by atoms with Crippen molar-refractivity contribution in [1.29, 1.82) is 0 Å². The van der Waals surface area contributed by atoms with Gasteiger partial charge in [0.2, 0.25) is 5.91 Å². The van der Waals surface area contributed by atoms with Gasteiger partial charge in [0.05, 0.1) is 29.9 Å². The molecule has 21 heavy (non-hydrogen) atoms. The van der Waals surface area contributed by atoms with Gasteiger partial charge < -0.3 is 9.64 Å². The van der Waals surface area contributed by atoms with Crippen molar-refractivity contribution in [3.05, 3.63) is 40.9 Å². The van der Waals surface area contributed by atoms with Gasteiger partial charge in [-0.05, 0) is 19.1 Å². The standard InChI is InChI=1S/C15H19N3O3/c1-11(9-21-3)17(2)14(19)8-18-10-16-13-7-5-4-6-12(13)15(18)20/h4-7,10-11H,8-9H2,1-3H3. The van der Waals surface area contributed by atoms with Crippen molar-refractivity contribution >= 4 is 16.8 Å². The third-order valence-electron chi connectivity index (χ3n) is 3.50. The SMILES string of the molecule is COCC(C)N(C)C(=O)Cn1cnc2ccccc2c1=O. The third kappa shape index (κ3) is 3.28. The summed E-state index contributed by atoms with van der Waals surface area (Å²) in [7, 11) is 3.29. The van der Waals surface area contributed by atoms with Crippen LogP contribution in [0.5, 0.6) is 0 Å². The molecule has 1 aromatic carbocycles. The summed E-state index contributed by atoms with van der Waals surface area (Å²) in [6.07, 6.45) is 1.41. The van der Waals surface area contributed by atoms with E-state index in [1.54, 1.807) is 37.3 Å². The van der Waals surface area contributed by atoms with Gasteiger partial charge in [-0.3, -0.25) is 14.2 Å². The van der Waals surface area contributed by atoms with Crippen molar-refractivity contribution in [3.63, 3.8) is 0 Å². The van der Waals surface area contributed by atoms with Crippen molar-refractivity contribution in [2.75, 3.05) is 20.8 Å². The lowest BCUT2D eigenvalue weighted by Crippen LogP contribution is -2.41. The lowest BCUT2D eigenvalue weighted by molar-refractivity contribution is -0.133. The highest BCUT2D eigenvalue weighted by atomic mass is 16.5. The number of carbonyl (C=O) groups excluding carboxylic acids is 1. The van der Waals surface area contributed by atoms with Crippen molar-refractivity contribution in [1.82, 2.24) is 14.5 Å². The summed E-state index contributed by atoms with van der Waals surface area (Å²) in [5.74, 6) is -0.154. The molecule has 1 unspecified atom stereocenters. The van der Waals surface area contributed by atoms with Gasteiger partial charge in [0.1, 0.15) is 6.54 Å². The molecule has 1 atom stereocenters. The maximum atomic E-state index is 12.3. The van der Waals surface area contributed by atoms with Gasteiger partial charge >= 0.3 is 0 Å². The molecule has 0 radical (unpaired) electrons. The van der Waals surface area contributed by atoms with Crippen LogP contribution in [0.15, 0.2) is 35.4 Å². The number of methoxy groups -OCH3 is 1. The van der Waals surface area contributed by atoms with Crippen molar-refractivity contribution in [3.8, 4) is 0 Å². The van der Waals surface area contributed by atoms with Crippen LogP contribution in [0.4, 0.5) is 0 Å². The second-order valence-electron chi connectivity index (χ2n) is 5.00. The maximum absolute atomic E-state index is 12.3. The van der Waals surface area contributed by atoms with Crippen molar-refractivity contribution in [2.45, 2.75) is 19.5 Å². The van der Waals surface area contributed by atoms with Crippen molar-refractivity contribution in [2.24, 2.45) is 0 Å². The summed E-state index contributed by atoms with van der Waals surface area (Å²) in [5.41, 5.74) is 0.425. The first-order valence-electron chi connectivity index (χ1n) is 6.73. The molecule has 2 rings (SSSR count). The number of hydrogen-bond donors (Lipinski definition) is 0. The van der Waals surface area contributed by atoms with E-state index in [9.17, 15) is 9.59 Å². The lowest BCUT2D eigenvalue weighted by Gasteiger charge is -2.24. The molecule has 6 nitrogen and oxygen atoms in total. The summed E-state index contributed by atoms with van der Waals surface area (Å²) in [5, 5.41) is 0.514. The van der Waals surface area contributed by atoms with Gasteiger partial charge in [-0.1, -0.05) is 12.1 Å². The van der Waals surface area contributed by atoms with Crippen LogP contribution in [0.2, 0.25) is 0 Å². The fourth-order valence-electron chi connectivity index (χ4n) is 2.07. The van der Waals surface area contributed by atoms with Crippen LogP contribution in [0, 0.1) is 0 Å². The molecular formula is C15H19N3O3. The highest BCUT2D eigenvalue weighted by molar-refractivity contribution is 5.79. The number of amides is 1. The second kappa shape index (κ2) is 6.49. The molecule has 0 aliphatic carbocycles. The number of benzene rings is 1. The van der Waals surface area contributed by atoms with Crippen LogP contribution < -0.4 is 5.56 Å². The van der Waals surface area contributed by atoms with Gasteiger partial charge in [-0.15, -0.1) is 0 Å². The van der Waals surface area contributed by atoms with Gasteiger partial charge in [-0.25, -0.2) is 4.98 Å². The number of rotatable bonds is 5. The molecule has 0 saturated carbocycles. The first-order chi connectivity index (χ1) is 10.0. The molecule has 2 aromatic rings. The Morgan fingerprint density at radius 1 is 1.43 bits per heavy atom. The fourth-order valence-corrected chi connectivity index (χ4v) is 2.07. The van der Waals surface area contributed by atoms with Crippen LogP contribution in [0.25, 0.3) is 10.9 Å². The summed E-state index contributed by atoms with van der Waals surface area (Å²) in [4.78, 5) is 30.3. The topological polar surface area (TPSA) is 64.4 Å². The highest BCUT2D eigenvalue weighted by Gasteiger charge is 2.16. The predicted octanol–water partition coefficient (Wildman–Crippen LogP) is 0.890. The number of nitrogens with zero attached hydrogens (tertiary/aromatic N) is 3. The molecular weight excluding hydrogens is 270 g/mol. The normalized spacial score (nSPS) is 12.3. The fraction of sp³-hybridized carbons (Fsp3) is 0.400. The zero-order chi connectivity index (χ0) is 15.4. The van der Waals surface area contributed by atoms with E-state index < -0.39 is 0 Å². The molecule has 0 spiro atoms. The van der Waals surface area contributed by atoms with E-state index in [0.29, 0.717) is 17.5 Å². The minimum Gasteiger partial charge on any atom is -0.383 e. The van der Waals surface area contributed by atoms with E-state index in [1.165, 1.54) is 10.9 Å². The van der Waals surface area contributed by atoms with E-state index in [0.717, 1.165) is 0 Å². The number of ether oxygens (including phenoxy) is 1. The molecule has 0 bridgehead atoms. The quantitative estimate of drug-likeness (QED) is 0.820. The van der Waals surface area contributed by atoms with E-state index in [2.05, 4.69) is 4.98 Å². The Hall–Kier alpha value is -2.21. The Morgan fingerprint density at radius 2 is 2.14 bits per heavy atom. The van der Waals surface area contributed by atoms with Gasteiger partial charge in [0.15, 0.2) is 0 Å². The molecule has 0 saturated heterocycles. The number of hydrogen-bond acceptors (Lipinski definition) is 4. The van der Waals surface area contributed by atoms with Crippen molar-refractivity contribution < 1.29 is 9.53 Å². The Bertz CT molecular complexity index is 696. The second-order valence-corrected chi connectivity index (χ2v) is 5.00. The molecule has 0 fully saturated rings. The smallest absolute Gasteiger partial charge is 0.261 e. The van der Waals surface area contributed by atoms with Gasteiger partial charge in [-0.2, -0.15) is 0 Å². The molecule has 1 aromatic heterocycles. The number of para-hydroxylation sites is 1. The minimum atomic E-state index is -0.207. The monoisotopic (exact) mass is 289 g/mol. The summed E-state index contributed by atoms with van der Waals surface area (Å²) >= 11 is 0. The van der Waals surface area contributed by atoms with Crippen LogP contribution in [-0.4, -0.2) is 47.2 Å². The molecule has 112 valence electrons. The van der Waals surface area contributed by atoms with Crippen LogP contribution >= 0.6 is 0 Å². The van der Waals surface area contributed by atoms with Crippen LogP contribution in [0.3, 0.4) is 0 Å². The Balaban J connectivity index is 2.22. The number of carbonyl (C=O) groups is 1. The molecule has 1 amide bonds. The largest absolute Gasteiger partial charge is 0.383 e. The van der Waals surface area contributed by atoms with Crippen LogP contribution in [0.1, 0.15) is 6.92 Å². The Labute approximate surface area is 123 Å². The summed E-state index contributed by atoms with van der Waals surface area (Å²) in [6, 6.07) is 7.04. The zero-order valence-corrected chi connectivity index (χ0v) is 12.4. The van der Waals surface area contributed by atoms with Gasteiger partial charge in [0.25, 0.3) is 5.56 Å². The third-order valence-corrected chi connectivity index (χ3v) is 3.50. The number of aromatic nitrogens is 2. The Morgan fingerprint density at radius 3 is 2.86 bits per heavy atom. The molecule has 0 aliphatic rings. The molecule has 0 aliphatic heterocycles. The zero-order valence-electron chi connectivity index (χ0n) is 12.4. The van der Waals surface area contributed by atoms with E-state index >= 15 is 0 Å². The average Bonchev–Trinajstić information content (AvgIpc) is 2.49. The Kier molecular flexibility index (Phi) is 4.70. The minimum absolute atomic E-state index is 0.0266. The first kappa shape index (κ1) is 15.2. The molecule has 6 heteroatoms. The van der Waals surface area contributed by atoms with E-state index in [-0.39, 0.29) is 24.1 Å². The average molecular weight is 289 g/mol. The lowest BCUT2D eigenvalue weighted by atomic mass is 10.2. The number of fused-ring (bicyclic) bond motifs is 1. The molecule has 0 N–H and O–H groups in total. The van der Waals surface area contributed by atoms with E-state index in [1.807, 2.05) is 13.0 Å². The first-order valence-corrected chi connectivity index (χ1v) is 6.73. The maximum Gasteiger partial charge on any atom is 0.261 e. The highest BCUT2D eigenvalue weighted by Crippen LogP contribution is 2.05. The molecule has 1 heterocycles. The summed E-state index contributed by atoms with van der Waals surface area (Å²) in [6.45, 7) is 2.32. The van der Waals surface area contributed by atoms with Crippen LogP contribution in [-0.2, 0) is 16.1 Å². The van der Waals surface area contributed by atoms with Gasteiger partial charge in [0, 0.05) is 14.2 Å². The summed E-state index contributed by atoms with van der Waals surface area (Å²) < 4.78 is 6.37.